The van der Waals surface area contributed by atoms with Crippen LogP contribution in [0.3, 0.4) is 0 Å². The van der Waals surface area contributed by atoms with Crippen LogP contribution in [0.1, 0.15) is 168 Å². The van der Waals surface area contributed by atoms with Gasteiger partial charge in [-0.1, -0.05) is 123 Å². The number of hydrogen-bond donors (Lipinski definition) is 4. The molecule has 1 saturated carbocycles. The smallest absolute Gasteiger partial charge is 0.305 e. The number of aliphatic hydroxyl groups is 4. The van der Waals surface area contributed by atoms with Gasteiger partial charge in [0.15, 0.2) is 0 Å². The minimum absolute atomic E-state index is 0.0424. The quantitative estimate of drug-likeness (QED) is 0.0328. The van der Waals surface area contributed by atoms with E-state index in [-0.39, 0.29) is 56.6 Å². The van der Waals surface area contributed by atoms with Crippen molar-refractivity contribution in [2.24, 2.45) is 17.8 Å². The van der Waals surface area contributed by atoms with E-state index in [1.807, 2.05) is 0 Å². The summed E-state index contributed by atoms with van der Waals surface area (Å²) in [6.07, 6.45) is 20.4. The van der Waals surface area contributed by atoms with Crippen molar-refractivity contribution >= 4 is 17.7 Å². The number of aliphatic hydroxyl groups excluding tert-OH is 4. The van der Waals surface area contributed by atoms with Crippen LogP contribution in [-0.4, -0.2) is 75.8 Å². The Bertz CT molecular complexity index is 891. The summed E-state index contributed by atoms with van der Waals surface area (Å²) in [4.78, 5) is 36.7. The highest BCUT2D eigenvalue weighted by molar-refractivity contribution is 5.79. The van der Waals surface area contributed by atoms with Crippen LogP contribution < -0.4 is 0 Å². The molecule has 9 nitrogen and oxygen atoms in total. The highest BCUT2D eigenvalue weighted by atomic mass is 16.6. The summed E-state index contributed by atoms with van der Waals surface area (Å²) in [5, 5.41) is 41.1. The molecule has 0 aromatic carbocycles. The van der Waals surface area contributed by atoms with Gasteiger partial charge in [-0.2, -0.15) is 0 Å². The molecule has 49 heavy (non-hydrogen) atoms. The van der Waals surface area contributed by atoms with E-state index in [1.54, 1.807) is 12.2 Å². The predicted molar refractivity (Wildman–Crippen MR) is 194 cm³/mol. The zero-order valence-electron chi connectivity index (χ0n) is 31.2. The van der Waals surface area contributed by atoms with E-state index in [1.165, 1.54) is 57.8 Å². The predicted octanol–water partition coefficient (Wildman–Crippen LogP) is 7.54. The van der Waals surface area contributed by atoms with Crippen LogP contribution in [0.15, 0.2) is 12.2 Å². The number of rotatable bonds is 31. The van der Waals surface area contributed by atoms with Gasteiger partial charge in [0.2, 0.25) is 0 Å². The van der Waals surface area contributed by atoms with Gasteiger partial charge in [-0.25, -0.2) is 0 Å². The lowest BCUT2D eigenvalue weighted by Crippen LogP contribution is -2.25. The second-order valence-corrected chi connectivity index (χ2v) is 14.6. The van der Waals surface area contributed by atoms with Gasteiger partial charge >= 0.3 is 11.9 Å². The van der Waals surface area contributed by atoms with Crippen molar-refractivity contribution in [3.63, 3.8) is 0 Å². The van der Waals surface area contributed by atoms with Crippen LogP contribution in [0, 0.1) is 17.8 Å². The average molecular weight is 697 g/mol. The van der Waals surface area contributed by atoms with Gasteiger partial charge in [-0.3, -0.25) is 14.4 Å². The van der Waals surface area contributed by atoms with Crippen LogP contribution in [0.2, 0.25) is 0 Å². The van der Waals surface area contributed by atoms with Gasteiger partial charge in [-0.15, -0.1) is 0 Å². The molecule has 0 bridgehead atoms. The Hall–Kier alpha value is -1.81. The van der Waals surface area contributed by atoms with Crippen molar-refractivity contribution in [1.29, 1.82) is 0 Å². The summed E-state index contributed by atoms with van der Waals surface area (Å²) in [5.74, 6) is -0.816. The van der Waals surface area contributed by atoms with Crippen LogP contribution >= 0.6 is 0 Å². The highest BCUT2D eigenvalue weighted by Gasteiger charge is 2.41. The lowest BCUT2D eigenvalue weighted by molar-refractivity contribution is -0.152. The molecule has 1 rings (SSSR count). The normalized spacial score (nSPS) is 21.1. The average Bonchev–Trinajstić information content (AvgIpc) is 3.34. The molecule has 9 heteroatoms. The zero-order chi connectivity index (χ0) is 36.3. The van der Waals surface area contributed by atoms with E-state index in [4.69, 9.17) is 9.47 Å². The van der Waals surface area contributed by atoms with Gasteiger partial charge in [0, 0.05) is 43.9 Å². The van der Waals surface area contributed by atoms with E-state index < -0.39 is 36.3 Å². The van der Waals surface area contributed by atoms with Crippen molar-refractivity contribution in [1.82, 2.24) is 0 Å². The van der Waals surface area contributed by atoms with E-state index in [2.05, 4.69) is 20.8 Å². The number of unbranched alkanes of at least 4 members (excludes halogenated alkanes) is 12. The maximum atomic E-state index is 12.6. The molecule has 0 amide bonds. The third-order valence-corrected chi connectivity index (χ3v) is 10.0. The summed E-state index contributed by atoms with van der Waals surface area (Å²) >= 11 is 0. The molecule has 0 aromatic rings. The molecule has 0 saturated heterocycles. The van der Waals surface area contributed by atoms with Crippen LogP contribution in [0.25, 0.3) is 0 Å². The molecule has 0 heterocycles. The van der Waals surface area contributed by atoms with Crippen LogP contribution in [-0.2, 0) is 23.9 Å². The first kappa shape index (κ1) is 45.2. The molecule has 0 radical (unpaired) electrons. The first-order chi connectivity index (χ1) is 23.6. The fourth-order valence-corrected chi connectivity index (χ4v) is 6.53. The Morgan fingerprint density at radius 3 is 1.78 bits per heavy atom. The lowest BCUT2D eigenvalue weighted by Gasteiger charge is -2.20. The Kier molecular flexibility index (Phi) is 26.6. The van der Waals surface area contributed by atoms with Crippen LogP contribution in [0.5, 0.6) is 0 Å². The Morgan fingerprint density at radius 2 is 1.20 bits per heavy atom. The third-order valence-electron chi connectivity index (χ3n) is 10.0. The van der Waals surface area contributed by atoms with Crippen molar-refractivity contribution in [2.75, 3.05) is 13.2 Å². The Labute approximate surface area is 297 Å². The Balaban J connectivity index is 2.08. The number of carbonyl (C=O) groups excluding carboxylic acids is 3. The first-order valence-corrected chi connectivity index (χ1v) is 19.8. The maximum absolute atomic E-state index is 12.6. The number of ether oxygens (including phenoxy) is 2. The van der Waals surface area contributed by atoms with Gasteiger partial charge in [-0.05, 0) is 31.6 Å². The largest absolute Gasteiger partial charge is 0.463 e. The summed E-state index contributed by atoms with van der Waals surface area (Å²) in [6, 6.07) is 0. The van der Waals surface area contributed by atoms with Gasteiger partial charge in [0.05, 0.1) is 18.3 Å². The molecule has 4 N–H and O–H groups in total. The topological polar surface area (TPSA) is 151 Å². The molecule has 0 spiro atoms. The molecule has 0 aliphatic heterocycles. The fourth-order valence-electron chi connectivity index (χ4n) is 6.53. The number of ketones is 1. The summed E-state index contributed by atoms with van der Waals surface area (Å²) < 4.78 is 10.2. The van der Waals surface area contributed by atoms with E-state index in [0.717, 1.165) is 44.4 Å². The van der Waals surface area contributed by atoms with E-state index in [0.29, 0.717) is 25.7 Å². The molecule has 1 aliphatic carbocycles. The monoisotopic (exact) mass is 697 g/mol. The molecule has 1 fully saturated rings. The molecular weight excluding hydrogens is 624 g/mol. The number of Topliss-reactive ketones (excluding diaryl/α,β-unsaturated/α-hetero) is 1. The van der Waals surface area contributed by atoms with Crippen molar-refractivity contribution < 1.29 is 44.3 Å². The van der Waals surface area contributed by atoms with Gasteiger partial charge in [0.1, 0.15) is 25.1 Å². The number of hydrogen-bond acceptors (Lipinski definition) is 9. The summed E-state index contributed by atoms with van der Waals surface area (Å²) in [7, 11) is 0. The summed E-state index contributed by atoms with van der Waals surface area (Å²) in [6.45, 7) is 6.22. The molecular formula is C40H72O9. The molecule has 0 aromatic heterocycles. The maximum Gasteiger partial charge on any atom is 0.305 e. The standard InChI is InChI=1S/C40H72O9/c1-4-6-15-21-32(41)25-26-35-36(38(45)28-37(35)44)27-33(42)22-18-19-24-40(47)49-30-34(43)29-48-39(46)23-17-14-12-10-8-7-9-11-13-16-20-31(3)5-2/h25-26,31-32,34-38,41,43-45H,4-24,27-30H2,1-3H3/b26-25+/t31?,32-,34+,35+,36+,37+,38-/m0/s1. The fraction of sp³-hybridized carbons (Fsp3) is 0.875. The third kappa shape index (κ3) is 23.3. The summed E-state index contributed by atoms with van der Waals surface area (Å²) in [5.41, 5.74) is 0. The number of carbonyl (C=O) groups is 3. The van der Waals surface area contributed by atoms with Crippen molar-refractivity contribution in [3.8, 4) is 0 Å². The number of esters is 2. The minimum Gasteiger partial charge on any atom is -0.463 e. The second-order valence-electron chi connectivity index (χ2n) is 14.6. The molecule has 1 aliphatic rings. The van der Waals surface area contributed by atoms with Gasteiger partial charge in [0.25, 0.3) is 0 Å². The lowest BCUT2D eigenvalue weighted by atomic mass is 9.87. The molecule has 1 unspecified atom stereocenters. The van der Waals surface area contributed by atoms with E-state index >= 15 is 0 Å². The van der Waals surface area contributed by atoms with E-state index in [9.17, 15) is 34.8 Å². The Morgan fingerprint density at radius 1 is 0.694 bits per heavy atom. The van der Waals surface area contributed by atoms with Gasteiger partial charge < -0.3 is 29.9 Å². The minimum atomic E-state index is -1.09. The SMILES string of the molecule is CCCCC[C@H](O)/C=C/[C@@H]1[C@@H](CC(=O)CCCCC(=O)OC[C@H](O)COC(=O)CCCCCCCCCCCCC(C)CC)[C@@H](O)C[C@H]1O. The molecule has 7 atom stereocenters. The highest BCUT2D eigenvalue weighted by Crippen LogP contribution is 2.36. The molecule has 286 valence electrons. The zero-order valence-corrected chi connectivity index (χ0v) is 31.2. The first-order valence-electron chi connectivity index (χ1n) is 19.8. The van der Waals surface area contributed by atoms with Crippen molar-refractivity contribution in [3.05, 3.63) is 12.2 Å². The second kappa shape index (κ2) is 28.8. The van der Waals surface area contributed by atoms with Crippen molar-refractivity contribution in [2.45, 2.75) is 193 Å². The van der Waals surface area contributed by atoms with Crippen LogP contribution in [0.4, 0.5) is 0 Å².